The van der Waals surface area contributed by atoms with E-state index in [1.54, 1.807) is 0 Å². The first-order valence-corrected chi connectivity index (χ1v) is 11.1. The fourth-order valence-electron chi connectivity index (χ4n) is 3.97. The normalized spacial score (nSPS) is 11.1. The van der Waals surface area contributed by atoms with Crippen LogP contribution in [0.4, 0.5) is 0 Å². The number of hydrogen-bond acceptors (Lipinski definition) is 4. The second kappa shape index (κ2) is 8.71. The second-order valence-electron chi connectivity index (χ2n) is 8.39. The molecule has 1 heterocycles. The molecule has 5 heteroatoms. The molecule has 162 valence electrons. The van der Waals surface area contributed by atoms with Crippen LogP contribution < -0.4 is 0 Å². The van der Waals surface area contributed by atoms with Crippen molar-refractivity contribution in [1.29, 1.82) is 0 Å². The number of phenols is 1. The van der Waals surface area contributed by atoms with E-state index in [9.17, 15) is 5.11 Å². The minimum Gasteiger partial charge on any atom is -0.507 e. The molecular formula is C27H26ClN3O. The van der Waals surface area contributed by atoms with E-state index in [1.807, 2.05) is 31.2 Å². The smallest absolute Gasteiger partial charge is 0.167 e. The number of halogens is 1. The Morgan fingerprint density at radius 2 is 1.09 bits per heavy atom. The number of alkyl halides is 1. The van der Waals surface area contributed by atoms with Crippen molar-refractivity contribution < 1.29 is 5.11 Å². The summed E-state index contributed by atoms with van der Waals surface area (Å²) in [7, 11) is 0. The van der Waals surface area contributed by atoms with E-state index in [4.69, 9.17) is 26.6 Å². The van der Waals surface area contributed by atoms with Crippen molar-refractivity contribution in [3.8, 4) is 39.9 Å². The topological polar surface area (TPSA) is 58.9 Å². The number of aryl methyl sites for hydroxylation is 5. The van der Waals surface area contributed by atoms with Gasteiger partial charge in [-0.1, -0.05) is 53.6 Å². The molecule has 1 N–H and O–H groups in total. The highest BCUT2D eigenvalue weighted by Gasteiger charge is 2.18. The Morgan fingerprint density at radius 1 is 0.625 bits per heavy atom. The van der Waals surface area contributed by atoms with Crippen LogP contribution in [0, 0.1) is 34.6 Å². The van der Waals surface area contributed by atoms with Gasteiger partial charge in [0.1, 0.15) is 5.75 Å². The van der Waals surface area contributed by atoms with E-state index in [-0.39, 0.29) is 5.75 Å². The third kappa shape index (κ3) is 4.23. The van der Waals surface area contributed by atoms with Gasteiger partial charge in [0, 0.05) is 17.0 Å². The van der Waals surface area contributed by atoms with Gasteiger partial charge in [0.2, 0.25) is 0 Å². The number of phenolic OH excluding ortho intramolecular Hbond substituents is 1. The number of aromatic nitrogens is 3. The van der Waals surface area contributed by atoms with Crippen LogP contribution in [0.2, 0.25) is 0 Å². The average molecular weight is 444 g/mol. The summed E-state index contributed by atoms with van der Waals surface area (Å²) in [4.78, 5) is 14.4. The number of aromatic hydroxyl groups is 1. The molecule has 0 aliphatic carbocycles. The van der Waals surface area contributed by atoms with Crippen LogP contribution in [-0.2, 0) is 5.88 Å². The Labute approximate surface area is 194 Å². The van der Waals surface area contributed by atoms with Gasteiger partial charge in [-0.2, -0.15) is 0 Å². The highest BCUT2D eigenvalue weighted by Crippen LogP contribution is 2.34. The standard InChI is InChI=1S/C27H26ClN3O/c1-15-6-8-21(17(3)10-15)25-29-26(22-9-7-16(2)11-18(22)4)31-27(30-25)23-13-20(14-28)12-19(5)24(23)32/h6-13,32H,14H2,1-5H3. The molecule has 0 aliphatic heterocycles. The summed E-state index contributed by atoms with van der Waals surface area (Å²) in [6.07, 6.45) is 0. The first-order chi connectivity index (χ1) is 15.3. The van der Waals surface area contributed by atoms with Gasteiger partial charge in [-0.3, -0.25) is 0 Å². The van der Waals surface area contributed by atoms with Gasteiger partial charge in [0.05, 0.1) is 5.56 Å². The largest absolute Gasteiger partial charge is 0.507 e. The summed E-state index contributed by atoms with van der Waals surface area (Å²) in [5.74, 6) is 2.08. The molecule has 1 aromatic heterocycles. The van der Waals surface area contributed by atoms with Gasteiger partial charge < -0.3 is 5.11 Å². The average Bonchev–Trinajstić information content (AvgIpc) is 2.75. The lowest BCUT2D eigenvalue weighted by molar-refractivity contribution is 0.472. The Bertz CT molecular complexity index is 1260. The molecule has 0 unspecified atom stereocenters. The Balaban J connectivity index is 2.01. The quantitative estimate of drug-likeness (QED) is 0.350. The van der Waals surface area contributed by atoms with Crippen molar-refractivity contribution in [2.45, 2.75) is 40.5 Å². The van der Waals surface area contributed by atoms with Crippen LogP contribution in [0.3, 0.4) is 0 Å². The summed E-state index contributed by atoms with van der Waals surface area (Å²) >= 11 is 6.10. The lowest BCUT2D eigenvalue weighted by Crippen LogP contribution is -2.03. The van der Waals surface area contributed by atoms with Crippen molar-refractivity contribution in [1.82, 2.24) is 15.0 Å². The lowest BCUT2D eigenvalue weighted by atomic mass is 10.0. The van der Waals surface area contributed by atoms with Crippen molar-refractivity contribution >= 4 is 11.6 Å². The van der Waals surface area contributed by atoms with Crippen molar-refractivity contribution in [3.05, 3.63) is 81.9 Å². The van der Waals surface area contributed by atoms with E-state index in [0.717, 1.165) is 33.4 Å². The third-order valence-corrected chi connectivity index (χ3v) is 5.95. The Hall–Kier alpha value is -3.24. The van der Waals surface area contributed by atoms with E-state index >= 15 is 0 Å². The van der Waals surface area contributed by atoms with Crippen LogP contribution in [0.25, 0.3) is 34.2 Å². The van der Waals surface area contributed by atoms with Crippen molar-refractivity contribution in [2.24, 2.45) is 0 Å². The minimum absolute atomic E-state index is 0.156. The highest BCUT2D eigenvalue weighted by molar-refractivity contribution is 6.17. The first-order valence-electron chi connectivity index (χ1n) is 10.6. The number of hydrogen-bond donors (Lipinski definition) is 1. The van der Waals surface area contributed by atoms with Gasteiger partial charge >= 0.3 is 0 Å². The summed E-state index contributed by atoms with van der Waals surface area (Å²) in [5.41, 5.74) is 8.60. The van der Waals surface area contributed by atoms with Gasteiger partial charge in [-0.25, -0.2) is 15.0 Å². The molecule has 0 saturated heterocycles. The fourth-order valence-corrected chi connectivity index (χ4v) is 4.12. The summed E-state index contributed by atoms with van der Waals surface area (Å²) in [6.45, 7) is 10.1. The Kier molecular flexibility index (Phi) is 5.98. The molecule has 32 heavy (non-hydrogen) atoms. The molecule has 0 aliphatic rings. The zero-order valence-electron chi connectivity index (χ0n) is 19.0. The number of benzene rings is 3. The van der Waals surface area contributed by atoms with E-state index in [1.165, 1.54) is 11.1 Å². The third-order valence-electron chi connectivity index (χ3n) is 5.64. The first kappa shape index (κ1) is 22.0. The van der Waals surface area contributed by atoms with Crippen LogP contribution in [0.5, 0.6) is 5.75 Å². The summed E-state index contributed by atoms with van der Waals surface area (Å²) in [5, 5.41) is 10.8. The molecule has 3 aromatic carbocycles. The maximum absolute atomic E-state index is 10.8. The maximum Gasteiger partial charge on any atom is 0.167 e. The van der Waals surface area contributed by atoms with Crippen molar-refractivity contribution in [3.63, 3.8) is 0 Å². The molecule has 0 fully saturated rings. The van der Waals surface area contributed by atoms with E-state index < -0.39 is 0 Å². The van der Waals surface area contributed by atoms with Crippen LogP contribution >= 0.6 is 11.6 Å². The molecule has 0 radical (unpaired) electrons. The van der Waals surface area contributed by atoms with Crippen LogP contribution in [-0.4, -0.2) is 20.1 Å². The molecular weight excluding hydrogens is 418 g/mol. The number of nitrogens with zero attached hydrogens (tertiary/aromatic N) is 3. The van der Waals surface area contributed by atoms with Gasteiger partial charge in [-0.05, 0) is 62.9 Å². The predicted octanol–water partition coefficient (Wildman–Crippen LogP) is 6.86. The zero-order valence-corrected chi connectivity index (χ0v) is 19.7. The summed E-state index contributed by atoms with van der Waals surface area (Å²) in [6, 6.07) is 16.1. The maximum atomic E-state index is 10.8. The fraction of sp³-hybridized carbons (Fsp3) is 0.222. The lowest BCUT2D eigenvalue weighted by Gasteiger charge is -2.14. The molecule has 4 rings (SSSR count). The molecule has 0 spiro atoms. The predicted molar refractivity (Wildman–Crippen MR) is 131 cm³/mol. The molecule has 0 saturated carbocycles. The minimum atomic E-state index is 0.156. The van der Waals surface area contributed by atoms with Gasteiger partial charge in [-0.15, -0.1) is 11.6 Å². The summed E-state index contributed by atoms with van der Waals surface area (Å²) < 4.78 is 0. The molecule has 4 aromatic rings. The SMILES string of the molecule is Cc1ccc(-c2nc(-c3ccc(C)cc3C)nc(-c3cc(CCl)cc(C)c3O)n2)c(C)c1. The molecule has 0 bridgehead atoms. The monoisotopic (exact) mass is 443 g/mol. The molecule has 4 nitrogen and oxygen atoms in total. The van der Waals surface area contributed by atoms with Gasteiger partial charge in [0.15, 0.2) is 17.5 Å². The van der Waals surface area contributed by atoms with Gasteiger partial charge in [0.25, 0.3) is 0 Å². The van der Waals surface area contributed by atoms with Crippen molar-refractivity contribution in [2.75, 3.05) is 0 Å². The number of rotatable bonds is 4. The van der Waals surface area contributed by atoms with Crippen LogP contribution in [0.15, 0.2) is 48.5 Å². The molecule has 0 amide bonds. The zero-order chi connectivity index (χ0) is 23.0. The van der Waals surface area contributed by atoms with Crippen LogP contribution in [0.1, 0.15) is 33.4 Å². The Morgan fingerprint density at radius 3 is 1.53 bits per heavy atom. The molecule has 0 atom stereocenters. The van der Waals surface area contributed by atoms with E-state index in [2.05, 4.69) is 52.0 Å². The van der Waals surface area contributed by atoms with E-state index in [0.29, 0.717) is 28.9 Å². The second-order valence-corrected chi connectivity index (χ2v) is 8.65. The highest BCUT2D eigenvalue weighted by atomic mass is 35.5.